The first-order valence-electron chi connectivity index (χ1n) is 13.5. The van der Waals surface area contributed by atoms with Crippen molar-refractivity contribution in [2.24, 2.45) is 11.8 Å². The number of rotatable bonds is 7. The Labute approximate surface area is 223 Å². The van der Waals surface area contributed by atoms with Crippen LogP contribution in [0.5, 0.6) is 0 Å². The van der Waals surface area contributed by atoms with Gasteiger partial charge in [-0.05, 0) is 92.8 Å². The van der Waals surface area contributed by atoms with E-state index in [2.05, 4.69) is 28.3 Å². The SMILES string of the molecule is CC1CC([C@@H](CCN2CCC(n3cnc4cc(S(C)(=O)=O)ccc43)CC2)c2cc(F)cc(F)c2)C(C)CO1. The number of sulfone groups is 1. The molecule has 2 aliphatic heterocycles. The predicted octanol–water partition coefficient (Wildman–Crippen LogP) is 5.59. The van der Waals surface area contributed by atoms with E-state index >= 15 is 0 Å². The van der Waals surface area contributed by atoms with Gasteiger partial charge in [-0.3, -0.25) is 0 Å². The number of imidazole rings is 1. The third kappa shape index (κ3) is 5.95. The van der Waals surface area contributed by atoms with Crippen LogP contribution < -0.4 is 0 Å². The van der Waals surface area contributed by atoms with Crippen LogP contribution in [0.1, 0.15) is 57.1 Å². The first-order chi connectivity index (χ1) is 18.1. The summed E-state index contributed by atoms with van der Waals surface area (Å²) in [5, 5.41) is 0. The minimum atomic E-state index is -3.27. The lowest BCUT2D eigenvalue weighted by Crippen LogP contribution is -2.38. The van der Waals surface area contributed by atoms with E-state index in [1.165, 1.54) is 18.4 Å². The second kappa shape index (κ2) is 11.0. The molecule has 2 aliphatic rings. The summed E-state index contributed by atoms with van der Waals surface area (Å²) >= 11 is 0. The zero-order valence-corrected chi connectivity index (χ0v) is 23.1. The lowest BCUT2D eigenvalue weighted by molar-refractivity contribution is -0.0399. The maximum Gasteiger partial charge on any atom is 0.175 e. The maximum absolute atomic E-state index is 14.2. The minimum absolute atomic E-state index is 0.0703. The number of nitrogens with zero attached hydrogens (tertiary/aromatic N) is 3. The molecule has 3 heterocycles. The summed E-state index contributed by atoms with van der Waals surface area (Å²) in [6.45, 7) is 7.66. The molecular formula is C29H37F2N3O3S. The number of likely N-dealkylation sites (tertiary alicyclic amines) is 1. The molecule has 2 aromatic carbocycles. The van der Waals surface area contributed by atoms with Gasteiger partial charge in [0, 0.05) is 38.1 Å². The van der Waals surface area contributed by atoms with E-state index in [4.69, 9.17) is 4.74 Å². The van der Waals surface area contributed by atoms with E-state index in [0.717, 1.165) is 62.5 Å². The Balaban J connectivity index is 1.26. The minimum Gasteiger partial charge on any atom is -0.378 e. The number of hydrogen-bond donors (Lipinski definition) is 0. The van der Waals surface area contributed by atoms with Crippen LogP contribution in [0.2, 0.25) is 0 Å². The first-order valence-corrected chi connectivity index (χ1v) is 15.4. The third-order valence-corrected chi connectivity index (χ3v) is 9.60. The standard InChI is InChI=1S/C29H37F2N3O3S/c1-19-17-37-20(2)12-27(19)26(21-13-22(30)15-23(31)14-21)8-11-33-9-6-24(7-10-33)34-18-32-28-16-25(38(3,35)36)4-5-29(28)34/h4-5,13-16,18-20,24,26-27H,6-12,17H2,1-3H3/t19?,20?,26-,27?/m0/s1. The molecule has 0 spiro atoms. The van der Waals surface area contributed by atoms with Gasteiger partial charge in [-0.25, -0.2) is 22.2 Å². The van der Waals surface area contributed by atoms with Gasteiger partial charge in [0.15, 0.2) is 9.84 Å². The summed E-state index contributed by atoms with van der Waals surface area (Å²) in [6, 6.07) is 9.40. The van der Waals surface area contributed by atoms with Crippen molar-refractivity contribution < 1.29 is 21.9 Å². The highest BCUT2D eigenvalue weighted by atomic mass is 32.2. The van der Waals surface area contributed by atoms with E-state index in [-0.39, 0.29) is 16.9 Å². The molecule has 2 saturated heterocycles. The van der Waals surface area contributed by atoms with Crippen LogP contribution in [-0.4, -0.2) is 61.5 Å². The van der Waals surface area contributed by atoms with Gasteiger partial charge in [-0.1, -0.05) is 6.92 Å². The summed E-state index contributed by atoms with van der Waals surface area (Å²) in [5.41, 5.74) is 2.40. The summed E-state index contributed by atoms with van der Waals surface area (Å²) < 4.78 is 60.2. The fraction of sp³-hybridized carbons (Fsp3) is 0.552. The van der Waals surface area contributed by atoms with Crippen molar-refractivity contribution in [3.63, 3.8) is 0 Å². The number of ether oxygens (including phenoxy) is 1. The zero-order chi connectivity index (χ0) is 27.0. The van der Waals surface area contributed by atoms with Gasteiger partial charge < -0.3 is 14.2 Å². The Morgan fingerprint density at radius 1 is 1.08 bits per heavy atom. The number of hydrogen-bond acceptors (Lipinski definition) is 5. The molecule has 38 heavy (non-hydrogen) atoms. The number of aromatic nitrogens is 2. The summed E-state index contributed by atoms with van der Waals surface area (Å²) in [6.07, 6.45) is 6.83. The molecule has 6 nitrogen and oxygen atoms in total. The number of fused-ring (bicyclic) bond motifs is 1. The van der Waals surface area contributed by atoms with E-state index in [9.17, 15) is 17.2 Å². The van der Waals surface area contributed by atoms with Crippen LogP contribution in [0.25, 0.3) is 11.0 Å². The van der Waals surface area contributed by atoms with Crippen LogP contribution in [0.15, 0.2) is 47.6 Å². The molecule has 1 aromatic heterocycles. The fourth-order valence-corrected chi connectivity index (χ4v) is 7.02. The van der Waals surface area contributed by atoms with E-state index in [1.54, 1.807) is 12.1 Å². The van der Waals surface area contributed by atoms with Crippen molar-refractivity contribution in [1.29, 1.82) is 0 Å². The van der Waals surface area contributed by atoms with Crippen LogP contribution in [0.4, 0.5) is 8.78 Å². The molecule has 0 N–H and O–H groups in total. The number of benzene rings is 2. The van der Waals surface area contributed by atoms with Gasteiger partial charge in [-0.2, -0.15) is 0 Å². The van der Waals surface area contributed by atoms with Crippen LogP contribution >= 0.6 is 0 Å². The van der Waals surface area contributed by atoms with Gasteiger partial charge in [0.1, 0.15) is 11.6 Å². The normalized spacial score (nSPS) is 24.6. The van der Waals surface area contributed by atoms with Crippen molar-refractivity contribution in [3.8, 4) is 0 Å². The molecule has 9 heteroatoms. The Hall–Kier alpha value is -2.36. The Morgan fingerprint density at radius 2 is 1.79 bits per heavy atom. The van der Waals surface area contributed by atoms with E-state index < -0.39 is 21.5 Å². The molecule has 2 fully saturated rings. The molecule has 3 aromatic rings. The second-order valence-electron chi connectivity index (χ2n) is 11.3. The number of halogens is 2. The highest BCUT2D eigenvalue weighted by Crippen LogP contribution is 2.40. The Bertz CT molecular complexity index is 1360. The third-order valence-electron chi connectivity index (χ3n) is 8.49. The smallest absolute Gasteiger partial charge is 0.175 e. The van der Waals surface area contributed by atoms with Gasteiger partial charge >= 0.3 is 0 Å². The van der Waals surface area contributed by atoms with Crippen molar-refractivity contribution in [2.75, 3.05) is 32.5 Å². The Morgan fingerprint density at radius 3 is 2.47 bits per heavy atom. The van der Waals surface area contributed by atoms with Crippen LogP contribution in [0, 0.1) is 23.5 Å². The molecular weight excluding hydrogens is 508 g/mol. The highest BCUT2D eigenvalue weighted by molar-refractivity contribution is 7.90. The van der Waals surface area contributed by atoms with Crippen molar-refractivity contribution in [3.05, 3.63) is 59.9 Å². The fourth-order valence-electron chi connectivity index (χ4n) is 6.38. The molecule has 5 rings (SSSR count). The lowest BCUT2D eigenvalue weighted by Gasteiger charge is -2.40. The average molecular weight is 546 g/mol. The van der Waals surface area contributed by atoms with Gasteiger partial charge in [-0.15, -0.1) is 0 Å². The van der Waals surface area contributed by atoms with Crippen LogP contribution in [-0.2, 0) is 14.6 Å². The van der Waals surface area contributed by atoms with Gasteiger partial charge in [0.2, 0.25) is 0 Å². The van der Waals surface area contributed by atoms with Crippen molar-refractivity contribution >= 4 is 20.9 Å². The molecule has 206 valence electrons. The zero-order valence-electron chi connectivity index (χ0n) is 22.3. The topological polar surface area (TPSA) is 64.4 Å². The first kappa shape index (κ1) is 27.2. The summed E-state index contributed by atoms with van der Waals surface area (Å²) in [4.78, 5) is 7.21. The quantitative estimate of drug-likeness (QED) is 0.387. The molecule has 3 unspecified atom stereocenters. The van der Waals surface area contributed by atoms with E-state index in [1.807, 2.05) is 12.4 Å². The average Bonchev–Trinajstić information content (AvgIpc) is 3.29. The molecule has 0 bridgehead atoms. The molecule has 0 amide bonds. The molecule has 0 saturated carbocycles. The Kier molecular flexibility index (Phi) is 7.89. The lowest BCUT2D eigenvalue weighted by atomic mass is 9.73. The maximum atomic E-state index is 14.2. The van der Waals surface area contributed by atoms with Gasteiger partial charge in [0.05, 0.1) is 28.4 Å². The van der Waals surface area contributed by atoms with Crippen molar-refractivity contribution in [2.45, 2.75) is 62.5 Å². The molecule has 0 radical (unpaired) electrons. The summed E-state index contributed by atoms with van der Waals surface area (Å²) in [7, 11) is -3.27. The largest absolute Gasteiger partial charge is 0.378 e. The highest BCUT2D eigenvalue weighted by Gasteiger charge is 2.34. The summed E-state index contributed by atoms with van der Waals surface area (Å²) in [5.74, 6) is -0.330. The van der Waals surface area contributed by atoms with Gasteiger partial charge in [0.25, 0.3) is 0 Å². The molecule has 0 aliphatic carbocycles. The molecule has 4 atom stereocenters. The van der Waals surface area contributed by atoms with Crippen LogP contribution in [0.3, 0.4) is 0 Å². The monoisotopic (exact) mass is 545 g/mol. The van der Waals surface area contributed by atoms with E-state index in [0.29, 0.717) is 30.0 Å². The predicted molar refractivity (Wildman–Crippen MR) is 144 cm³/mol. The van der Waals surface area contributed by atoms with Crippen molar-refractivity contribution in [1.82, 2.24) is 14.5 Å². The number of piperidine rings is 1. The second-order valence-corrected chi connectivity index (χ2v) is 13.3.